The predicted octanol–water partition coefficient (Wildman–Crippen LogP) is 3.39. The molecule has 0 unspecified atom stereocenters. The Morgan fingerprint density at radius 2 is 1.93 bits per heavy atom. The highest BCUT2D eigenvalue weighted by Crippen LogP contribution is 2.32. The van der Waals surface area contributed by atoms with E-state index in [9.17, 15) is 9.59 Å². The molecule has 0 spiro atoms. The van der Waals surface area contributed by atoms with E-state index in [0.717, 1.165) is 15.6 Å². The number of methoxy groups -OCH3 is 1. The minimum absolute atomic E-state index is 0.193. The van der Waals surface area contributed by atoms with Crippen LogP contribution in [0.4, 0.5) is 0 Å². The van der Waals surface area contributed by atoms with Crippen LogP contribution in [0.1, 0.15) is 12.0 Å². The number of halogens is 1. The first-order chi connectivity index (χ1) is 13.4. The Bertz CT molecular complexity index is 936. The standard InChI is InChI=1S/C21H19BrN2O4/c1-24-16(10-17(20(24)25)21(26)27-2)12-28-19-8-7-15(9-18(19)22)14-5-3-13(11-23)4-6-14/h3-9,16-17H,10,12H2,1-2H3/t16-,17-/m0/s1. The summed E-state index contributed by atoms with van der Waals surface area (Å²) >= 11 is 3.52. The second kappa shape index (κ2) is 8.44. The van der Waals surface area contributed by atoms with Crippen molar-refractivity contribution >= 4 is 27.8 Å². The molecule has 1 heterocycles. The van der Waals surface area contributed by atoms with Crippen molar-refractivity contribution in [2.24, 2.45) is 5.92 Å². The highest BCUT2D eigenvalue weighted by atomic mass is 79.9. The number of esters is 1. The first-order valence-electron chi connectivity index (χ1n) is 8.72. The first kappa shape index (κ1) is 19.9. The number of rotatable bonds is 5. The van der Waals surface area contributed by atoms with Gasteiger partial charge in [0.1, 0.15) is 18.3 Å². The zero-order valence-corrected chi connectivity index (χ0v) is 17.1. The maximum Gasteiger partial charge on any atom is 0.318 e. The lowest BCUT2D eigenvalue weighted by Crippen LogP contribution is -2.34. The van der Waals surface area contributed by atoms with Crippen molar-refractivity contribution in [1.82, 2.24) is 4.90 Å². The van der Waals surface area contributed by atoms with Crippen LogP contribution in [0.15, 0.2) is 46.9 Å². The summed E-state index contributed by atoms with van der Waals surface area (Å²) in [5.74, 6) is -0.853. The fourth-order valence-corrected chi connectivity index (χ4v) is 3.69. The third kappa shape index (κ3) is 4.02. The van der Waals surface area contributed by atoms with Gasteiger partial charge in [0.25, 0.3) is 0 Å². The summed E-state index contributed by atoms with van der Waals surface area (Å²) in [6, 6.07) is 15.0. The number of likely N-dealkylation sites (tertiary alicyclic amines) is 1. The number of hydrogen-bond donors (Lipinski definition) is 0. The molecule has 2 aromatic rings. The highest BCUT2D eigenvalue weighted by Gasteiger charge is 2.42. The van der Waals surface area contributed by atoms with Gasteiger partial charge in [-0.3, -0.25) is 9.59 Å². The number of carbonyl (C=O) groups is 2. The average molecular weight is 443 g/mol. The van der Waals surface area contributed by atoms with Crippen molar-refractivity contribution in [2.75, 3.05) is 20.8 Å². The molecule has 3 rings (SSSR count). The molecule has 1 amide bonds. The normalized spacial score (nSPS) is 18.6. The summed E-state index contributed by atoms with van der Waals surface area (Å²) in [6.07, 6.45) is 0.378. The number of benzene rings is 2. The second-order valence-electron chi connectivity index (χ2n) is 6.56. The average Bonchev–Trinajstić information content (AvgIpc) is 3.01. The monoisotopic (exact) mass is 442 g/mol. The Morgan fingerprint density at radius 3 is 2.54 bits per heavy atom. The number of likely N-dealkylation sites (N-methyl/N-ethyl adjacent to an activating group) is 1. The summed E-state index contributed by atoms with van der Waals surface area (Å²) in [5.41, 5.74) is 2.60. The summed E-state index contributed by atoms with van der Waals surface area (Å²) in [5, 5.41) is 8.90. The third-order valence-electron chi connectivity index (χ3n) is 4.90. The van der Waals surface area contributed by atoms with Crippen LogP contribution in [-0.4, -0.2) is 43.6 Å². The number of ether oxygens (including phenoxy) is 2. The zero-order valence-electron chi connectivity index (χ0n) is 15.5. The van der Waals surface area contributed by atoms with Crippen LogP contribution >= 0.6 is 15.9 Å². The van der Waals surface area contributed by atoms with Gasteiger partial charge in [0, 0.05) is 7.05 Å². The van der Waals surface area contributed by atoms with Crippen molar-refractivity contribution in [1.29, 1.82) is 5.26 Å². The molecule has 6 nitrogen and oxygen atoms in total. The molecular formula is C21H19BrN2O4. The van der Waals surface area contributed by atoms with Gasteiger partial charge in [0.15, 0.2) is 0 Å². The topological polar surface area (TPSA) is 79.6 Å². The molecule has 2 atom stereocenters. The Hall–Kier alpha value is -2.85. The van der Waals surface area contributed by atoms with Gasteiger partial charge < -0.3 is 14.4 Å². The van der Waals surface area contributed by atoms with E-state index in [1.54, 1.807) is 24.1 Å². The van der Waals surface area contributed by atoms with Gasteiger partial charge in [-0.2, -0.15) is 5.26 Å². The smallest absolute Gasteiger partial charge is 0.318 e. The van der Waals surface area contributed by atoms with E-state index in [-0.39, 0.29) is 18.6 Å². The van der Waals surface area contributed by atoms with Crippen LogP contribution in [0.3, 0.4) is 0 Å². The molecule has 1 fully saturated rings. The molecule has 0 radical (unpaired) electrons. The lowest BCUT2D eigenvalue weighted by molar-refractivity contribution is -0.150. The molecule has 0 saturated carbocycles. The van der Waals surface area contributed by atoms with E-state index in [2.05, 4.69) is 22.0 Å². The molecule has 0 aromatic heterocycles. The van der Waals surface area contributed by atoms with Gasteiger partial charge in [0.2, 0.25) is 5.91 Å². The lowest BCUT2D eigenvalue weighted by atomic mass is 10.0. The first-order valence-corrected chi connectivity index (χ1v) is 9.51. The molecular weight excluding hydrogens is 424 g/mol. The highest BCUT2D eigenvalue weighted by molar-refractivity contribution is 9.10. The van der Waals surface area contributed by atoms with E-state index < -0.39 is 11.9 Å². The summed E-state index contributed by atoms with van der Waals surface area (Å²) in [7, 11) is 2.95. The quantitative estimate of drug-likeness (QED) is 0.523. The molecule has 144 valence electrons. The fraction of sp³-hybridized carbons (Fsp3) is 0.286. The van der Waals surface area contributed by atoms with Crippen LogP contribution in [0.25, 0.3) is 11.1 Å². The van der Waals surface area contributed by atoms with E-state index >= 15 is 0 Å². The number of amides is 1. The maximum absolute atomic E-state index is 12.2. The summed E-state index contributed by atoms with van der Waals surface area (Å²) in [6.45, 7) is 0.282. The molecule has 2 aromatic carbocycles. The van der Waals surface area contributed by atoms with Crippen molar-refractivity contribution < 1.29 is 19.1 Å². The Morgan fingerprint density at radius 1 is 1.25 bits per heavy atom. The van der Waals surface area contributed by atoms with E-state index in [4.69, 9.17) is 14.7 Å². The molecule has 0 aliphatic carbocycles. The Kier molecular flexibility index (Phi) is 6.00. The molecule has 0 bridgehead atoms. The molecule has 28 heavy (non-hydrogen) atoms. The summed E-state index contributed by atoms with van der Waals surface area (Å²) in [4.78, 5) is 25.4. The Labute approximate surface area is 171 Å². The molecule has 1 aliphatic heterocycles. The van der Waals surface area contributed by atoms with E-state index in [1.165, 1.54) is 7.11 Å². The number of carbonyl (C=O) groups excluding carboxylic acids is 2. The minimum atomic E-state index is -0.759. The second-order valence-corrected chi connectivity index (χ2v) is 7.41. The van der Waals surface area contributed by atoms with Gasteiger partial charge in [0.05, 0.1) is 29.3 Å². The fourth-order valence-electron chi connectivity index (χ4n) is 3.20. The molecule has 1 saturated heterocycles. The Balaban J connectivity index is 1.67. The lowest BCUT2D eigenvalue weighted by Gasteiger charge is -2.20. The summed E-state index contributed by atoms with van der Waals surface area (Å²) < 4.78 is 11.4. The van der Waals surface area contributed by atoms with Crippen LogP contribution < -0.4 is 4.74 Å². The largest absolute Gasteiger partial charge is 0.490 e. The van der Waals surface area contributed by atoms with E-state index in [0.29, 0.717) is 17.7 Å². The van der Waals surface area contributed by atoms with Gasteiger partial charge in [-0.1, -0.05) is 18.2 Å². The van der Waals surface area contributed by atoms with Crippen LogP contribution in [-0.2, 0) is 14.3 Å². The predicted molar refractivity (Wildman–Crippen MR) is 106 cm³/mol. The van der Waals surface area contributed by atoms with Crippen molar-refractivity contribution in [3.05, 3.63) is 52.5 Å². The van der Waals surface area contributed by atoms with Gasteiger partial charge in [-0.25, -0.2) is 0 Å². The van der Waals surface area contributed by atoms with Crippen molar-refractivity contribution in [2.45, 2.75) is 12.5 Å². The molecule has 1 aliphatic rings. The van der Waals surface area contributed by atoms with Crippen molar-refractivity contribution in [3.63, 3.8) is 0 Å². The van der Waals surface area contributed by atoms with Gasteiger partial charge >= 0.3 is 5.97 Å². The minimum Gasteiger partial charge on any atom is -0.490 e. The third-order valence-corrected chi connectivity index (χ3v) is 5.52. The molecule has 7 heteroatoms. The van der Waals surface area contributed by atoms with E-state index in [1.807, 2.05) is 30.3 Å². The maximum atomic E-state index is 12.2. The zero-order chi connectivity index (χ0) is 20.3. The number of nitrogens with zero attached hydrogens (tertiary/aromatic N) is 2. The van der Waals surface area contributed by atoms with Crippen LogP contribution in [0.2, 0.25) is 0 Å². The van der Waals surface area contributed by atoms with Gasteiger partial charge in [-0.05, 0) is 57.7 Å². The van der Waals surface area contributed by atoms with Crippen molar-refractivity contribution in [3.8, 4) is 22.9 Å². The van der Waals surface area contributed by atoms with Crippen LogP contribution in [0, 0.1) is 17.2 Å². The molecule has 0 N–H and O–H groups in total. The number of nitriles is 1. The van der Waals surface area contributed by atoms with Gasteiger partial charge in [-0.15, -0.1) is 0 Å². The van der Waals surface area contributed by atoms with Crippen LogP contribution in [0.5, 0.6) is 5.75 Å². The SMILES string of the molecule is COC(=O)[C@H]1C[C@@H](COc2ccc(-c3ccc(C#N)cc3)cc2Br)N(C)C1=O. The number of hydrogen-bond acceptors (Lipinski definition) is 5.